The van der Waals surface area contributed by atoms with E-state index in [1.807, 2.05) is 62.4 Å². The number of amides is 1. The normalized spacial score (nSPS) is 10.5. The molecule has 0 fully saturated rings. The SMILES string of the molecule is CC(C)Oc1ccc(NCCC(=O)NCc2ccc(Cl)cc2)cc1. The van der Waals surface area contributed by atoms with E-state index in [9.17, 15) is 4.79 Å². The molecule has 0 saturated heterocycles. The van der Waals surface area contributed by atoms with Gasteiger partial charge in [0.1, 0.15) is 5.75 Å². The zero-order valence-electron chi connectivity index (χ0n) is 14.0. The van der Waals surface area contributed by atoms with Crippen molar-refractivity contribution in [3.63, 3.8) is 0 Å². The molecule has 2 aromatic carbocycles. The van der Waals surface area contributed by atoms with Crippen LogP contribution in [-0.2, 0) is 11.3 Å². The summed E-state index contributed by atoms with van der Waals surface area (Å²) in [7, 11) is 0. The average Bonchev–Trinajstić information content (AvgIpc) is 2.55. The van der Waals surface area contributed by atoms with Crippen LogP contribution in [0.3, 0.4) is 0 Å². The van der Waals surface area contributed by atoms with Gasteiger partial charge in [-0.2, -0.15) is 0 Å². The molecule has 0 aromatic heterocycles. The van der Waals surface area contributed by atoms with Crippen LogP contribution in [0.1, 0.15) is 25.8 Å². The fraction of sp³-hybridized carbons (Fsp3) is 0.316. The molecule has 0 atom stereocenters. The number of anilines is 1. The summed E-state index contributed by atoms with van der Waals surface area (Å²) in [5.74, 6) is 0.855. The van der Waals surface area contributed by atoms with E-state index in [0.29, 0.717) is 24.5 Å². The Morgan fingerprint density at radius 2 is 1.75 bits per heavy atom. The first-order valence-electron chi connectivity index (χ1n) is 8.04. The highest BCUT2D eigenvalue weighted by molar-refractivity contribution is 6.30. The van der Waals surface area contributed by atoms with E-state index in [1.54, 1.807) is 0 Å². The average molecular weight is 347 g/mol. The van der Waals surface area contributed by atoms with Crippen molar-refractivity contribution in [2.24, 2.45) is 0 Å². The Hall–Kier alpha value is -2.20. The van der Waals surface area contributed by atoms with Crippen molar-refractivity contribution in [3.05, 3.63) is 59.1 Å². The second kappa shape index (κ2) is 9.18. The molecule has 128 valence electrons. The zero-order valence-corrected chi connectivity index (χ0v) is 14.8. The van der Waals surface area contributed by atoms with Gasteiger partial charge in [0.2, 0.25) is 5.91 Å². The second-order valence-corrected chi connectivity index (χ2v) is 6.21. The summed E-state index contributed by atoms with van der Waals surface area (Å²) in [6.45, 7) is 5.08. The lowest BCUT2D eigenvalue weighted by molar-refractivity contribution is -0.121. The van der Waals surface area contributed by atoms with Gasteiger partial charge in [0.25, 0.3) is 0 Å². The Morgan fingerprint density at radius 3 is 2.38 bits per heavy atom. The van der Waals surface area contributed by atoms with Gasteiger partial charge in [-0.25, -0.2) is 0 Å². The molecule has 0 heterocycles. The molecule has 1 amide bonds. The highest BCUT2D eigenvalue weighted by Gasteiger charge is 2.02. The minimum absolute atomic E-state index is 0.0113. The summed E-state index contributed by atoms with van der Waals surface area (Å²) in [5, 5.41) is 6.81. The lowest BCUT2D eigenvalue weighted by atomic mass is 10.2. The molecular weight excluding hydrogens is 324 g/mol. The highest BCUT2D eigenvalue weighted by atomic mass is 35.5. The minimum Gasteiger partial charge on any atom is -0.491 e. The van der Waals surface area contributed by atoms with Crippen molar-refractivity contribution >= 4 is 23.2 Å². The molecule has 0 spiro atoms. The maximum Gasteiger partial charge on any atom is 0.222 e. The monoisotopic (exact) mass is 346 g/mol. The first-order chi connectivity index (χ1) is 11.5. The predicted octanol–water partition coefficient (Wildman–Crippen LogP) is 4.25. The Morgan fingerprint density at radius 1 is 1.08 bits per heavy atom. The van der Waals surface area contributed by atoms with E-state index < -0.39 is 0 Å². The van der Waals surface area contributed by atoms with Crippen LogP contribution in [0, 0.1) is 0 Å². The second-order valence-electron chi connectivity index (χ2n) is 5.77. The molecule has 0 unspecified atom stereocenters. The standard InChI is InChI=1S/C19H23ClN2O2/c1-14(2)24-18-9-7-17(8-10-18)21-12-11-19(23)22-13-15-3-5-16(20)6-4-15/h3-10,14,21H,11-13H2,1-2H3,(H,22,23). The van der Waals surface area contributed by atoms with Crippen molar-refractivity contribution in [3.8, 4) is 5.75 Å². The van der Waals surface area contributed by atoms with Gasteiger partial charge in [-0.1, -0.05) is 23.7 Å². The van der Waals surface area contributed by atoms with Crippen molar-refractivity contribution < 1.29 is 9.53 Å². The summed E-state index contributed by atoms with van der Waals surface area (Å²) >= 11 is 5.83. The maximum atomic E-state index is 11.9. The van der Waals surface area contributed by atoms with Gasteiger partial charge in [0, 0.05) is 30.2 Å². The zero-order chi connectivity index (χ0) is 17.4. The van der Waals surface area contributed by atoms with Gasteiger partial charge < -0.3 is 15.4 Å². The molecule has 2 aromatic rings. The molecule has 0 radical (unpaired) electrons. The Labute approximate surface area is 148 Å². The molecule has 0 aliphatic rings. The van der Waals surface area contributed by atoms with Gasteiger partial charge in [-0.3, -0.25) is 4.79 Å². The van der Waals surface area contributed by atoms with Crippen molar-refractivity contribution in [2.75, 3.05) is 11.9 Å². The number of hydrogen-bond donors (Lipinski definition) is 2. The quantitative estimate of drug-likeness (QED) is 0.751. The number of carbonyl (C=O) groups is 1. The van der Waals surface area contributed by atoms with Gasteiger partial charge in [-0.15, -0.1) is 0 Å². The summed E-state index contributed by atoms with van der Waals surface area (Å²) < 4.78 is 5.59. The lowest BCUT2D eigenvalue weighted by Crippen LogP contribution is -2.24. The molecule has 24 heavy (non-hydrogen) atoms. The van der Waals surface area contributed by atoms with E-state index in [2.05, 4.69) is 10.6 Å². The van der Waals surface area contributed by atoms with Crippen molar-refractivity contribution in [2.45, 2.75) is 32.9 Å². The van der Waals surface area contributed by atoms with Crippen LogP contribution in [0.4, 0.5) is 5.69 Å². The molecule has 4 nitrogen and oxygen atoms in total. The summed E-state index contributed by atoms with van der Waals surface area (Å²) in [5.41, 5.74) is 2.00. The molecular formula is C19H23ClN2O2. The summed E-state index contributed by atoms with van der Waals surface area (Å²) in [6.07, 6.45) is 0.575. The Kier molecular flexibility index (Phi) is 6.94. The number of halogens is 1. The highest BCUT2D eigenvalue weighted by Crippen LogP contribution is 2.16. The van der Waals surface area contributed by atoms with Crippen LogP contribution >= 0.6 is 11.6 Å². The fourth-order valence-corrected chi connectivity index (χ4v) is 2.26. The molecule has 0 saturated carbocycles. The first kappa shape index (κ1) is 18.1. The molecule has 5 heteroatoms. The molecule has 0 aliphatic carbocycles. The number of ether oxygens (including phenoxy) is 1. The molecule has 2 rings (SSSR count). The van der Waals surface area contributed by atoms with Crippen LogP contribution in [0.15, 0.2) is 48.5 Å². The Bertz CT molecular complexity index is 639. The molecule has 2 N–H and O–H groups in total. The number of nitrogens with one attached hydrogen (secondary N) is 2. The van der Waals surface area contributed by atoms with Crippen LogP contribution in [0.2, 0.25) is 5.02 Å². The predicted molar refractivity (Wildman–Crippen MR) is 98.6 cm³/mol. The number of carbonyl (C=O) groups excluding carboxylic acids is 1. The topological polar surface area (TPSA) is 50.4 Å². The van der Waals surface area contributed by atoms with Gasteiger partial charge >= 0.3 is 0 Å². The minimum atomic E-state index is 0.0113. The van der Waals surface area contributed by atoms with Crippen molar-refractivity contribution in [1.82, 2.24) is 5.32 Å². The Balaban J connectivity index is 1.67. The third kappa shape index (κ3) is 6.50. The molecule has 0 bridgehead atoms. The smallest absolute Gasteiger partial charge is 0.222 e. The van der Waals surface area contributed by atoms with Crippen LogP contribution in [0.5, 0.6) is 5.75 Å². The number of benzene rings is 2. The van der Waals surface area contributed by atoms with Crippen LogP contribution < -0.4 is 15.4 Å². The third-order valence-corrected chi connectivity index (χ3v) is 3.56. The van der Waals surface area contributed by atoms with Gasteiger partial charge in [-0.05, 0) is 55.8 Å². The van der Waals surface area contributed by atoms with Crippen LogP contribution in [-0.4, -0.2) is 18.6 Å². The van der Waals surface area contributed by atoms with E-state index in [-0.39, 0.29) is 12.0 Å². The number of hydrogen-bond acceptors (Lipinski definition) is 3. The lowest BCUT2D eigenvalue weighted by Gasteiger charge is -2.11. The largest absolute Gasteiger partial charge is 0.491 e. The van der Waals surface area contributed by atoms with Gasteiger partial charge in [0.05, 0.1) is 6.10 Å². The van der Waals surface area contributed by atoms with Crippen LogP contribution in [0.25, 0.3) is 0 Å². The fourth-order valence-electron chi connectivity index (χ4n) is 2.14. The van der Waals surface area contributed by atoms with E-state index in [0.717, 1.165) is 17.0 Å². The van der Waals surface area contributed by atoms with Gasteiger partial charge in [0.15, 0.2) is 0 Å². The summed E-state index contributed by atoms with van der Waals surface area (Å²) in [4.78, 5) is 11.9. The summed E-state index contributed by atoms with van der Waals surface area (Å²) in [6, 6.07) is 15.2. The van der Waals surface area contributed by atoms with E-state index >= 15 is 0 Å². The van der Waals surface area contributed by atoms with Crippen molar-refractivity contribution in [1.29, 1.82) is 0 Å². The van der Waals surface area contributed by atoms with E-state index in [1.165, 1.54) is 0 Å². The third-order valence-electron chi connectivity index (χ3n) is 3.31. The molecule has 0 aliphatic heterocycles. The first-order valence-corrected chi connectivity index (χ1v) is 8.42. The number of rotatable bonds is 8. The maximum absolute atomic E-state index is 11.9. The van der Waals surface area contributed by atoms with E-state index in [4.69, 9.17) is 16.3 Å².